The summed E-state index contributed by atoms with van der Waals surface area (Å²) in [4.78, 5) is 28.4. The van der Waals surface area contributed by atoms with Crippen LogP contribution in [0.2, 0.25) is 0 Å². The largest absolute Gasteiger partial charge is 0.445 e. The van der Waals surface area contributed by atoms with Crippen molar-refractivity contribution in [2.45, 2.75) is 39.4 Å². The first kappa shape index (κ1) is 23.1. The number of benzene rings is 1. The van der Waals surface area contributed by atoms with E-state index in [0.29, 0.717) is 13.1 Å². The molecule has 0 spiro atoms. The molecule has 31 heavy (non-hydrogen) atoms. The van der Waals surface area contributed by atoms with Crippen LogP contribution in [0.3, 0.4) is 0 Å². The van der Waals surface area contributed by atoms with Crippen LogP contribution < -0.4 is 5.32 Å². The molecule has 0 aliphatic carbocycles. The summed E-state index contributed by atoms with van der Waals surface area (Å²) in [5, 5.41) is 7.22. The number of nitrogens with zero attached hydrogens (tertiary/aromatic N) is 4. The Morgan fingerprint density at radius 1 is 1.10 bits per heavy atom. The standard InChI is InChI=1S/C20H24F3N5O2S/c1-13-3-4-15(14(2)11-13)12-27-7-9-28(10-8-27)17(30)6-5-16(29)24-19-26-25-18(31-19)20(21,22)23/h3-4,11H,5-10,12H2,1-2H3,(H,24,26,29). The van der Waals surface area contributed by atoms with Gasteiger partial charge in [0.25, 0.3) is 0 Å². The molecule has 2 aromatic rings. The van der Waals surface area contributed by atoms with Gasteiger partial charge in [-0.15, -0.1) is 10.2 Å². The maximum Gasteiger partial charge on any atom is 0.445 e. The third-order valence-electron chi connectivity index (χ3n) is 5.10. The van der Waals surface area contributed by atoms with Crippen molar-refractivity contribution in [3.05, 3.63) is 39.9 Å². The molecular weight excluding hydrogens is 431 g/mol. The van der Waals surface area contributed by atoms with E-state index in [0.717, 1.165) is 19.6 Å². The van der Waals surface area contributed by atoms with E-state index in [9.17, 15) is 22.8 Å². The van der Waals surface area contributed by atoms with Gasteiger partial charge in [0.2, 0.25) is 22.0 Å². The highest BCUT2D eigenvalue weighted by Crippen LogP contribution is 2.33. The number of halogens is 3. The highest BCUT2D eigenvalue weighted by Gasteiger charge is 2.35. The van der Waals surface area contributed by atoms with Crippen molar-refractivity contribution >= 4 is 28.3 Å². The number of nitrogens with one attached hydrogen (secondary N) is 1. The summed E-state index contributed by atoms with van der Waals surface area (Å²) in [6.45, 7) is 7.64. The first-order valence-corrected chi connectivity index (χ1v) is 10.7. The molecule has 3 rings (SSSR count). The number of aromatic nitrogens is 2. The summed E-state index contributed by atoms with van der Waals surface area (Å²) < 4.78 is 37.6. The fourth-order valence-electron chi connectivity index (χ4n) is 3.37. The lowest BCUT2D eigenvalue weighted by molar-refractivity contribution is -0.138. The monoisotopic (exact) mass is 455 g/mol. The molecule has 0 atom stereocenters. The second-order valence-electron chi connectivity index (χ2n) is 7.55. The number of alkyl halides is 3. The summed E-state index contributed by atoms with van der Waals surface area (Å²) in [6.07, 6.45) is -4.73. The summed E-state index contributed by atoms with van der Waals surface area (Å²) in [7, 11) is 0. The molecule has 1 N–H and O–H groups in total. The lowest BCUT2D eigenvalue weighted by Crippen LogP contribution is -2.48. The third kappa shape index (κ3) is 6.47. The molecule has 168 valence electrons. The van der Waals surface area contributed by atoms with Crippen molar-refractivity contribution < 1.29 is 22.8 Å². The van der Waals surface area contributed by atoms with Gasteiger partial charge in [-0.05, 0) is 25.0 Å². The molecule has 7 nitrogen and oxygen atoms in total. The topological polar surface area (TPSA) is 78.4 Å². The van der Waals surface area contributed by atoms with E-state index >= 15 is 0 Å². The number of carbonyl (C=O) groups excluding carboxylic acids is 2. The number of aryl methyl sites for hydroxylation is 2. The van der Waals surface area contributed by atoms with Gasteiger partial charge in [0.15, 0.2) is 0 Å². The van der Waals surface area contributed by atoms with Crippen LogP contribution in [0, 0.1) is 13.8 Å². The minimum Gasteiger partial charge on any atom is -0.340 e. The molecule has 11 heteroatoms. The molecule has 0 radical (unpaired) electrons. The van der Waals surface area contributed by atoms with Crippen LogP contribution in [-0.2, 0) is 22.3 Å². The normalized spacial score (nSPS) is 15.2. The number of rotatable bonds is 6. The number of hydrogen-bond donors (Lipinski definition) is 1. The van der Waals surface area contributed by atoms with Gasteiger partial charge < -0.3 is 10.2 Å². The van der Waals surface area contributed by atoms with Crippen LogP contribution in [0.5, 0.6) is 0 Å². The molecule has 1 aromatic carbocycles. The molecule has 0 bridgehead atoms. The molecule has 0 unspecified atom stereocenters. The quantitative estimate of drug-likeness (QED) is 0.724. The van der Waals surface area contributed by atoms with E-state index in [1.165, 1.54) is 16.7 Å². The Morgan fingerprint density at radius 3 is 2.42 bits per heavy atom. The third-order valence-corrected chi connectivity index (χ3v) is 5.98. The van der Waals surface area contributed by atoms with Gasteiger partial charge in [0.1, 0.15) is 0 Å². The fourth-order valence-corrected chi connectivity index (χ4v) is 4.00. The van der Waals surface area contributed by atoms with Crippen LogP contribution in [0.4, 0.5) is 18.3 Å². The van der Waals surface area contributed by atoms with Crippen LogP contribution in [0.15, 0.2) is 18.2 Å². The molecule has 1 aliphatic rings. The second-order valence-corrected chi connectivity index (χ2v) is 8.52. The highest BCUT2D eigenvalue weighted by molar-refractivity contribution is 7.15. The molecule has 1 aliphatic heterocycles. The van der Waals surface area contributed by atoms with Crippen LogP contribution in [-0.4, -0.2) is 58.0 Å². The van der Waals surface area contributed by atoms with Crippen molar-refractivity contribution in [1.82, 2.24) is 20.0 Å². The maximum atomic E-state index is 12.5. The van der Waals surface area contributed by atoms with Gasteiger partial charge in [-0.2, -0.15) is 13.2 Å². The number of carbonyl (C=O) groups is 2. The number of anilines is 1. The zero-order valence-electron chi connectivity index (χ0n) is 17.3. The summed E-state index contributed by atoms with van der Waals surface area (Å²) in [6, 6.07) is 6.39. The van der Waals surface area contributed by atoms with Crippen molar-refractivity contribution in [3.8, 4) is 0 Å². The number of amides is 2. The smallest absolute Gasteiger partial charge is 0.340 e. The minimum atomic E-state index is -4.60. The lowest BCUT2D eigenvalue weighted by Gasteiger charge is -2.35. The predicted octanol–water partition coefficient (Wildman–Crippen LogP) is 3.24. The molecular formula is C20H24F3N5O2S. The van der Waals surface area contributed by atoms with Gasteiger partial charge in [-0.1, -0.05) is 35.1 Å². The Bertz CT molecular complexity index is 939. The average molecular weight is 456 g/mol. The van der Waals surface area contributed by atoms with Gasteiger partial charge in [0, 0.05) is 45.6 Å². The van der Waals surface area contributed by atoms with E-state index in [-0.39, 0.29) is 35.2 Å². The van der Waals surface area contributed by atoms with Crippen molar-refractivity contribution in [2.75, 3.05) is 31.5 Å². The van der Waals surface area contributed by atoms with Crippen molar-refractivity contribution in [1.29, 1.82) is 0 Å². The minimum absolute atomic E-state index is 0.00612. The summed E-state index contributed by atoms with van der Waals surface area (Å²) in [5.41, 5.74) is 3.75. The molecule has 1 saturated heterocycles. The Labute approximate surface area is 182 Å². The zero-order valence-corrected chi connectivity index (χ0v) is 18.1. The molecule has 2 heterocycles. The first-order valence-electron chi connectivity index (χ1n) is 9.88. The SMILES string of the molecule is Cc1ccc(CN2CCN(C(=O)CCC(=O)Nc3nnc(C(F)(F)F)s3)CC2)c(C)c1. The fraction of sp³-hybridized carbons (Fsp3) is 0.500. The van der Waals surface area contributed by atoms with E-state index in [2.05, 4.69) is 52.5 Å². The van der Waals surface area contributed by atoms with Crippen LogP contribution in [0.1, 0.15) is 34.5 Å². The van der Waals surface area contributed by atoms with E-state index < -0.39 is 17.1 Å². The van der Waals surface area contributed by atoms with E-state index in [1.807, 2.05) is 0 Å². The molecule has 2 amide bonds. The average Bonchev–Trinajstić information content (AvgIpc) is 3.18. The number of piperazine rings is 1. The lowest BCUT2D eigenvalue weighted by atomic mass is 10.1. The molecule has 1 fully saturated rings. The number of hydrogen-bond acceptors (Lipinski definition) is 6. The Morgan fingerprint density at radius 2 is 1.81 bits per heavy atom. The summed E-state index contributed by atoms with van der Waals surface area (Å²) in [5.74, 6) is -0.707. The highest BCUT2D eigenvalue weighted by atomic mass is 32.1. The summed E-state index contributed by atoms with van der Waals surface area (Å²) >= 11 is 0.253. The van der Waals surface area contributed by atoms with Gasteiger partial charge in [-0.25, -0.2) is 0 Å². The Hall–Kier alpha value is -2.53. The van der Waals surface area contributed by atoms with Crippen LogP contribution in [0.25, 0.3) is 0 Å². The first-order chi connectivity index (χ1) is 14.6. The second kappa shape index (κ2) is 9.73. The van der Waals surface area contributed by atoms with Crippen molar-refractivity contribution in [3.63, 3.8) is 0 Å². The molecule has 0 saturated carbocycles. The van der Waals surface area contributed by atoms with Crippen LogP contribution >= 0.6 is 11.3 Å². The van der Waals surface area contributed by atoms with E-state index in [1.54, 1.807) is 4.90 Å². The van der Waals surface area contributed by atoms with Gasteiger partial charge >= 0.3 is 6.18 Å². The van der Waals surface area contributed by atoms with Gasteiger partial charge in [-0.3, -0.25) is 14.5 Å². The predicted molar refractivity (Wildman–Crippen MR) is 111 cm³/mol. The Balaban J connectivity index is 1.40. The maximum absolute atomic E-state index is 12.5. The van der Waals surface area contributed by atoms with Gasteiger partial charge in [0.05, 0.1) is 0 Å². The van der Waals surface area contributed by atoms with Crippen molar-refractivity contribution in [2.24, 2.45) is 0 Å². The Kier molecular flexibility index (Phi) is 7.26. The molecule has 1 aromatic heterocycles. The zero-order chi connectivity index (χ0) is 22.6. The van der Waals surface area contributed by atoms with E-state index in [4.69, 9.17) is 0 Å².